The lowest BCUT2D eigenvalue weighted by Gasteiger charge is -2.43. The Bertz CT molecular complexity index is 584. The Kier molecular flexibility index (Phi) is 4.92. The highest BCUT2D eigenvalue weighted by atomic mass is 32.2. The third-order valence-electron chi connectivity index (χ3n) is 3.64. The molecule has 0 spiro atoms. The molecule has 0 unspecified atom stereocenters. The molecule has 3 N–H and O–H groups in total. The maximum Gasteiger partial charge on any atom is 0.353 e. The summed E-state index contributed by atoms with van der Waals surface area (Å²) in [7, 11) is 0. The first kappa shape index (κ1) is 16.6. The van der Waals surface area contributed by atoms with Gasteiger partial charge < -0.3 is 20.4 Å². The third-order valence-corrected chi connectivity index (χ3v) is 4.76. The van der Waals surface area contributed by atoms with Crippen molar-refractivity contribution in [2.75, 3.05) is 6.61 Å². The number of carboxylic acid groups (broad SMARTS) is 1. The van der Waals surface area contributed by atoms with Crippen LogP contribution in [0.15, 0.2) is 21.7 Å². The van der Waals surface area contributed by atoms with Crippen LogP contribution in [0.25, 0.3) is 0 Å². The van der Waals surface area contributed by atoms with E-state index in [0.717, 1.165) is 0 Å². The zero-order chi connectivity index (χ0) is 16.4. The van der Waals surface area contributed by atoms with Crippen molar-refractivity contribution in [3.8, 4) is 0 Å². The van der Waals surface area contributed by atoms with Crippen molar-refractivity contribution in [1.82, 2.24) is 10.2 Å². The number of aliphatic hydroxyl groups excluding tert-OH is 1. The van der Waals surface area contributed by atoms with Gasteiger partial charge in [-0.2, -0.15) is 0 Å². The van der Waals surface area contributed by atoms with Crippen LogP contribution in [-0.2, 0) is 14.4 Å². The lowest BCUT2D eigenvalue weighted by atomic mass is 9.85. The first-order valence-corrected chi connectivity index (χ1v) is 7.76. The summed E-state index contributed by atoms with van der Waals surface area (Å²) < 4.78 is 0. The summed E-state index contributed by atoms with van der Waals surface area (Å²) in [5.74, 6) is -1.88. The van der Waals surface area contributed by atoms with Gasteiger partial charge in [-0.1, -0.05) is 11.8 Å². The molecule has 22 heavy (non-hydrogen) atoms. The molecule has 0 radical (unpaired) electrons. The highest BCUT2D eigenvalue weighted by Gasteiger charge is 2.54. The molecule has 120 valence electrons. The van der Waals surface area contributed by atoms with Gasteiger partial charge in [0, 0.05) is 30.6 Å². The van der Waals surface area contributed by atoms with Crippen molar-refractivity contribution in [3.05, 3.63) is 21.7 Å². The zero-order valence-corrected chi connectivity index (χ0v) is 13.1. The van der Waals surface area contributed by atoms with Crippen LogP contribution < -0.4 is 5.32 Å². The molecule has 1 saturated heterocycles. The second-order valence-corrected chi connectivity index (χ2v) is 6.24. The lowest BCUT2D eigenvalue weighted by Crippen LogP contribution is -2.58. The number of fused-ring (bicyclic) bond motifs is 1. The highest BCUT2D eigenvalue weighted by molar-refractivity contribution is 8.05. The number of aliphatic hydroxyl groups is 1. The third kappa shape index (κ3) is 3.02. The summed E-state index contributed by atoms with van der Waals surface area (Å²) in [6.45, 7) is 3.01. The lowest BCUT2D eigenvalue weighted by molar-refractivity contribution is -0.155. The summed E-state index contributed by atoms with van der Waals surface area (Å²) in [5, 5.41) is 22.6. The van der Waals surface area contributed by atoms with Crippen LogP contribution >= 0.6 is 11.8 Å². The highest BCUT2D eigenvalue weighted by Crippen LogP contribution is 2.47. The van der Waals surface area contributed by atoms with E-state index in [1.165, 1.54) is 23.6 Å². The van der Waals surface area contributed by atoms with Crippen molar-refractivity contribution in [2.24, 2.45) is 5.92 Å². The van der Waals surface area contributed by atoms with E-state index in [-0.39, 0.29) is 36.1 Å². The predicted octanol–water partition coefficient (Wildman–Crippen LogP) is 0.626. The number of carbonyl (C=O) groups excluding carboxylic acids is 2. The SMILES string of the molecule is CC(=O)NC(C)=CSC1=C(C(=O)O)N2C(=O)[C@@H](CCO)[C@H]2C1. The molecule has 0 bridgehead atoms. The van der Waals surface area contributed by atoms with E-state index in [4.69, 9.17) is 5.11 Å². The van der Waals surface area contributed by atoms with Crippen LogP contribution in [-0.4, -0.2) is 45.5 Å². The monoisotopic (exact) mass is 326 g/mol. The van der Waals surface area contributed by atoms with Gasteiger partial charge >= 0.3 is 5.97 Å². The number of allylic oxidation sites excluding steroid dienone is 1. The first-order chi connectivity index (χ1) is 10.4. The average Bonchev–Trinajstić information content (AvgIpc) is 2.77. The summed E-state index contributed by atoms with van der Waals surface area (Å²) in [6.07, 6.45) is 0.818. The Balaban J connectivity index is 2.15. The fraction of sp³-hybridized carbons (Fsp3) is 0.500. The number of carbonyl (C=O) groups is 3. The summed E-state index contributed by atoms with van der Waals surface area (Å²) in [6, 6.07) is -0.178. The standard InChI is InChI=1S/C14H18N2O5S/c1-7(15-8(2)18)6-22-11-5-10-9(3-4-17)13(19)16(10)12(11)14(20)21/h6,9-10,17H,3-5H2,1-2H3,(H,15,18)(H,20,21)/t9-,10+/m0/s1. The molecule has 7 nitrogen and oxygen atoms in total. The Morgan fingerprint density at radius 2 is 2.14 bits per heavy atom. The van der Waals surface area contributed by atoms with Crippen LogP contribution in [0.3, 0.4) is 0 Å². The predicted molar refractivity (Wildman–Crippen MR) is 80.3 cm³/mol. The Morgan fingerprint density at radius 1 is 1.45 bits per heavy atom. The van der Waals surface area contributed by atoms with E-state index < -0.39 is 5.97 Å². The first-order valence-electron chi connectivity index (χ1n) is 6.88. The van der Waals surface area contributed by atoms with Gasteiger partial charge in [-0.3, -0.25) is 9.59 Å². The van der Waals surface area contributed by atoms with E-state index in [0.29, 0.717) is 23.4 Å². The van der Waals surface area contributed by atoms with Gasteiger partial charge in [-0.05, 0) is 18.8 Å². The van der Waals surface area contributed by atoms with Gasteiger partial charge in [0.15, 0.2) is 0 Å². The van der Waals surface area contributed by atoms with Crippen LogP contribution in [0.4, 0.5) is 0 Å². The number of β-lactam (4-membered cyclic amide) rings is 1. The number of hydrogen-bond donors (Lipinski definition) is 3. The molecule has 2 amide bonds. The van der Waals surface area contributed by atoms with E-state index in [1.54, 1.807) is 12.3 Å². The molecule has 8 heteroatoms. The molecule has 2 aliphatic heterocycles. The topological polar surface area (TPSA) is 107 Å². The number of hydrogen-bond acceptors (Lipinski definition) is 5. The number of thioether (sulfide) groups is 1. The van der Waals surface area contributed by atoms with Gasteiger partial charge in [0.25, 0.3) is 0 Å². The minimum absolute atomic E-state index is 0.0149. The molecular weight excluding hydrogens is 308 g/mol. The Hall–Kier alpha value is -1.80. The maximum atomic E-state index is 12.0. The van der Waals surface area contributed by atoms with E-state index in [9.17, 15) is 19.5 Å². The summed E-state index contributed by atoms with van der Waals surface area (Å²) >= 11 is 1.21. The Labute approximate surface area is 132 Å². The Morgan fingerprint density at radius 3 is 2.68 bits per heavy atom. The second kappa shape index (κ2) is 6.53. The van der Waals surface area contributed by atoms with E-state index >= 15 is 0 Å². The van der Waals surface area contributed by atoms with Crippen molar-refractivity contribution in [2.45, 2.75) is 32.7 Å². The number of nitrogens with zero attached hydrogens (tertiary/aromatic N) is 1. The largest absolute Gasteiger partial charge is 0.477 e. The molecule has 0 saturated carbocycles. The van der Waals surface area contributed by atoms with Crippen molar-refractivity contribution in [1.29, 1.82) is 0 Å². The van der Waals surface area contributed by atoms with Gasteiger partial charge in [-0.25, -0.2) is 4.79 Å². The number of nitrogens with one attached hydrogen (secondary N) is 1. The molecule has 0 aromatic carbocycles. The van der Waals surface area contributed by atoms with Crippen LogP contribution in [0.2, 0.25) is 0 Å². The van der Waals surface area contributed by atoms with E-state index in [1.807, 2.05) is 0 Å². The molecule has 2 rings (SSSR count). The normalized spacial score (nSPS) is 24.2. The van der Waals surface area contributed by atoms with Crippen LogP contribution in [0, 0.1) is 5.92 Å². The number of aliphatic carboxylic acids is 1. The van der Waals surface area contributed by atoms with Gasteiger partial charge in [0.2, 0.25) is 11.8 Å². The second-order valence-electron chi connectivity index (χ2n) is 5.28. The van der Waals surface area contributed by atoms with Crippen molar-refractivity contribution < 1.29 is 24.6 Å². The molecule has 0 aromatic heterocycles. The molecule has 2 atom stereocenters. The molecule has 0 aromatic rings. The molecule has 2 heterocycles. The fourth-order valence-electron chi connectivity index (χ4n) is 2.78. The van der Waals surface area contributed by atoms with Crippen LogP contribution in [0.5, 0.6) is 0 Å². The minimum Gasteiger partial charge on any atom is -0.477 e. The fourth-order valence-corrected chi connectivity index (χ4v) is 3.73. The van der Waals surface area contributed by atoms with E-state index in [2.05, 4.69) is 5.32 Å². The van der Waals surface area contributed by atoms with Gasteiger partial charge in [-0.15, -0.1) is 0 Å². The quantitative estimate of drug-likeness (QED) is 0.618. The zero-order valence-electron chi connectivity index (χ0n) is 12.3. The molecule has 1 fully saturated rings. The van der Waals surface area contributed by atoms with Gasteiger partial charge in [0.1, 0.15) is 5.70 Å². The minimum atomic E-state index is -1.13. The van der Waals surface area contributed by atoms with Crippen molar-refractivity contribution >= 4 is 29.5 Å². The number of amides is 2. The maximum absolute atomic E-state index is 12.0. The smallest absolute Gasteiger partial charge is 0.353 e. The summed E-state index contributed by atoms with van der Waals surface area (Å²) in [4.78, 5) is 36.3. The number of carboxylic acids is 1. The van der Waals surface area contributed by atoms with Crippen molar-refractivity contribution in [3.63, 3.8) is 0 Å². The molecule has 0 aliphatic carbocycles. The number of rotatable bonds is 6. The van der Waals surface area contributed by atoms with Gasteiger partial charge in [0.05, 0.1) is 12.0 Å². The molecular formula is C14H18N2O5S. The summed E-state index contributed by atoms with van der Waals surface area (Å²) in [5.41, 5.74) is 0.628. The van der Waals surface area contributed by atoms with Crippen LogP contribution in [0.1, 0.15) is 26.7 Å². The molecule has 2 aliphatic rings. The average molecular weight is 326 g/mol.